The number of ketones is 1. The van der Waals surface area contributed by atoms with Crippen molar-refractivity contribution in [3.8, 4) is 11.5 Å². The SMILES string of the molecule is COc1ccc([C@H]2CC(=O)C3=C(C2)Nc2ncnn2[C@H]3c2cccc(Br)c2)cc1OC. The van der Waals surface area contributed by atoms with Gasteiger partial charge in [-0.2, -0.15) is 10.1 Å². The minimum atomic E-state index is -0.301. The zero-order chi connectivity index (χ0) is 21.5. The maximum atomic E-state index is 13.5. The van der Waals surface area contributed by atoms with E-state index in [1.807, 2.05) is 42.5 Å². The number of allylic oxidation sites excluding steroid dienone is 2. The van der Waals surface area contributed by atoms with Gasteiger partial charge in [-0.1, -0.05) is 34.1 Å². The Kier molecular flexibility index (Phi) is 5.02. The number of nitrogens with one attached hydrogen (secondary N) is 1. The molecule has 5 rings (SSSR count). The Morgan fingerprint density at radius 3 is 2.68 bits per heavy atom. The van der Waals surface area contributed by atoms with Crippen molar-refractivity contribution in [1.82, 2.24) is 14.8 Å². The van der Waals surface area contributed by atoms with Crippen LogP contribution in [0.2, 0.25) is 0 Å². The Labute approximate surface area is 188 Å². The third-order valence-electron chi connectivity index (χ3n) is 5.91. The monoisotopic (exact) mass is 480 g/mol. The summed E-state index contributed by atoms with van der Waals surface area (Å²) >= 11 is 3.54. The quantitative estimate of drug-likeness (QED) is 0.593. The fourth-order valence-corrected chi connectivity index (χ4v) is 4.90. The Balaban J connectivity index is 1.56. The second kappa shape index (κ2) is 7.85. The zero-order valence-corrected chi connectivity index (χ0v) is 18.7. The van der Waals surface area contributed by atoms with E-state index in [0.29, 0.717) is 30.3 Å². The van der Waals surface area contributed by atoms with Crippen molar-refractivity contribution in [2.75, 3.05) is 19.5 Å². The number of carbonyl (C=O) groups excluding carboxylic acids is 1. The topological polar surface area (TPSA) is 78.3 Å². The van der Waals surface area contributed by atoms with E-state index in [0.717, 1.165) is 26.9 Å². The normalized spacial score (nSPS) is 20.0. The molecule has 0 unspecified atom stereocenters. The van der Waals surface area contributed by atoms with Crippen molar-refractivity contribution in [3.05, 3.63) is 75.7 Å². The van der Waals surface area contributed by atoms with Gasteiger partial charge in [0.15, 0.2) is 17.3 Å². The fraction of sp³-hybridized carbons (Fsp3) is 0.261. The second-order valence-electron chi connectivity index (χ2n) is 7.65. The number of halogens is 1. The minimum absolute atomic E-state index is 0.0381. The smallest absolute Gasteiger partial charge is 0.226 e. The molecule has 7 nitrogen and oxygen atoms in total. The summed E-state index contributed by atoms with van der Waals surface area (Å²) in [6, 6.07) is 13.5. The van der Waals surface area contributed by atoms with Gasteiger partial charge in [0, 0.05) is 22.2 Å². The highest BCUT2D eigenvalue weighted by molar-refractivity contribution is 9.10. The minimum Gasteiger partial charge on any atom is -0.493 e. The van der Waals surface area contributed by atoms with Gasteiger partial charge in [0.05, 0.1) is 14.2 Å². The molecule has 1 aliphatic heterocycles. The molecule has 2 heterocycles. The van der Waals surface area contributed by atoms with Crippen LogP contribution < -0.4 is 14.8 Å². The van der Waals surface area contributed by atoms with Crippen LogP contribution in [-0.4, -0.2) is 34.8 Å². The van der Waals surface area contributed by atoms with Gasteiger partial charge in [-0.3, -0.25) is 4.79 Å². The summed E-state index contributed by atoms with van der Waals surface area (Å²) in [5, 5.41) is 7.75. The number of methoxy groups -OCH3 is 2. The molecule has 0 saturated heterocycles. The Morgan fingerprint density at radius 2 is 1.90 bits per heavy atom. The summed E-state index contributed by atoms with van der Waals surface area (Å²) in [4.78, 5) is 17.8. The number of hydrogen-bond acceptors (Lipinski definition) is 6. The molecule has 0 bridgehead atoms. The number of benzene rings is 2. The van der Waals surface area contributed by atoms with E-state index >= 15 is 0 Å². The van der Waals surface area contributed by atoms with Gasteiger partial charge in [0.2, 0.25) is 5.95 Å². The van der Waals surface area contributed by atoms with Gasteiger partial charge in [-0.05, 0) is 47.7 Å². The van der Waals surface area contributed by atoms with Crippen LogP contribution in [0, 0.1) is 0 Å². The van der Waals surface area contributed by atoms with Gasteiger partial charge in [0.1, 0.15) is 12.4 Å². The molecule has 1 aromatic heterocycles. The van der Waals surface area contributed by atoms with Crippen LogP contribution in [0.3, 0.4) is 0 Å². The van der Waals surface area contributed by atoms with Gasteiger partial charge < -0.3 is 14.8 Å². The molecule has 8 heteroatoms. The van der Waals surface area contributed by atoms with Crippen LogP contribution in [0.1, 0.15) is 35.9 Å². The highest BCUT2D eigenvalue weighted by atomic mass is 79.9. The first kappa shape index (κ1) is 19.8. The molecule has 3 aromatic rings. The maximum Gasteiger partial charge on any atom is 0.226 e. The lowest BCUT2D eigenvalue weighted by Crippen LogP contribution is -2.33. The van der Waals surface area contributed by atoms with E-state index < -0.39 is 0 Å². The van der Waals surface area contributed by atoms with Crippen LogP contribution in [0.15, 0.2) is 64.5 Å². The number of Topliss-reactive ketones (excluding diaryl/α,β-unsaturated/α-hetero) is 1. The predicted molar refractivity (Wildman–Crippen MR) is 119 cm³/mol. The summed E-state index contributed by atoms with van der Waals surface area (Å²) < 4.78 is 13.6. The van der Waals surface area contributed by atoms with Gasteiger partial charge >= 0.3 is 0 Å². The standard InChI is InChI=1S/C23H21BrN4O3/c1-30-19-7-6-13(11-20(19)31-2)15-9-17-21(18(29)10-15)22(14-4-3-5-16(24)8-14)28-23(27-17)25-12-26-28/h3-8,11-12,15,22H,9-10H2,1-2H3,(H,25,26,27)/t15-,22+/m1/s1. The first-order valence-electron chi connectivity index (χ1n) is 9.99. The summed E-state index contributed by atoms with van der Waals surface area (Å²) in [6.07, 6.45) is 2.64. The van der Waals surface area contributed by atoms with E-state index in [4.69, 9.17) is 9.47 Å². The molecule has 0 saturated carbocycles. The van der Waals surface area contributed by atoms with E-state index in [-0.39, 0.29) is 17.7 Å². The molecular formula is C23H21BrN4O3. The second-order valence-corrected chi connectivity index (χ2v) is 8.56. The van der Waals surface area contributed by atoms with Crippen LogP contribution in [0.25, 0.3) is 0 Å². The molecule has 0 spiro atoms. The van der Waals surface area contributed by atoms with Crippen LogP contribution in [0.4, 0.5) is 5.95 Å². The van der Waals surface area contributed by atoms with E-state index in [9.17, 15) is 4.79 Å². The largest absolute Gasteiger partial charge is 0.493 e. The number of anilines is 1. The predicted octanol–water partition coefficient (Wildman–Crippen LogP) is 4.47. The molecule has 2 aliphatic rings. The third-order valence-corrected chi connectivity index (χ3v) is 6.40. The van der Waals surface area contributed by atoms with Crippen molar-refractivity contribution >= 4 is 27.7 Å². The summed E-state index contributed by atoms with van der Waals surface area (Å²) in [5.74, 6) is 2.13. The van der Waals surface area contributed by atoms with Crippen molar-refractivity contribution in [2.45, 2.75) is 24.8 Å². The lowest BCUT2D eigenvalue weighted by Gasteiger charge is -2.35. The lowest BCUT2D eigenvalue weighted by molar-refractivity contribution is -0.116. The third kappa shape index (κ3) is 3.40. The molecule has 158 valence electrons. The number of nitrogens with zero attached hydrogens (tertiary/aromatic N) is 3. The van der Waals surface area contributed by atoms with E-state index in [2.05, 4.69) is 31.3 Å². The number of rotatable bonds is 4. The van der Waals surface area contributed by atoms with Gasteiger partial charge in [-0.15, -0.1) is 0 Å². The van der Waals surface area contributed by atoms with Crippen LogP contribution in [-0.2, 0) is 4.79 Å². The summed E-state index contributed by atoms with van der Waals surface area (Å²) in [7, 11) is 3.23. The molecule has 1 aliphatic carbocycles. The van der Waals surface area contributed by atoms with E-state index in [1.165, 1.54) is 6.33 Å². The number of fused-ring (bicyclic) bond motifs is 1. The Bertz CT molecular complexity index is 1200. The van der Waals surface area contributed by atoms with Crippen molar-refractivity contribution in [3.63, 3.8) is 0 Å². The molecule has 0 radical (unpaired) electrons. The van der Waals surface area contributed by atoms with Crippen molar-refractivity contribution in [1.29, 1.82) is 0 Å². The molecule has 0 fully saturated rings. The lowest BCUT2D eigenvalue weighted by atomic mass is 9.78. The molecule has 2 atom stereocenters. The molecule has 31 heavy (non-hydrogen) atoms. The van der Waals surface area contributed by atoms with Gasteiger partial charge in [0.25, 0.3) is 0 Å². The Morgan fingerprint density at radius 1 is 1.06 bits per heavy atom. The van der Waals surface area contributed by atoms with Crippen LogP contribution >= 0.6 is 15.9 Å². The highest BCUT2D eigenvalue weighted by Gasteiger charge is 2.39. The highest BCUT2D eigenvalue weighted by Crippen LogP contribution is 2.45. The fourth-order valence-electron chi connectivity index (χ4n) is 4.48. The first-order valence-corrected chi connectivity index (χ1v) is 10.8. The van der Waals surface area contributed by atoms with E-state index in [1.54, 1.807) is 18.9 Å². The van der Waals surface area contributed by atoms with Crippen molar-refractivity contribution in [2.24, 2.45) is 0 Å². The average Bonchev–Trinajstić information content (AvgIpc) is 3.25. The molecule has 2 aromatic carbocycles. The summed E-state index contributed by atoms with van der Waals surface area (Å²) in [6.45, 7) is 0. The van der Waals surface area contributed by atoms with Gasteiger partial charge in [-0.25, -0.2) is 4.68 Å². The average molecular weight is 481 g/mol. The molecular weight excluding hydrogens is 460 g/mol. The zero-order valence-electron chi connectivity index (χ0n) is 17.1. The molecule has 0 amide bonds. The first-order chi connectivity index (χ1) is 15.1. The van der Waals surface area contributed by atoms with Crippen LogP contribution in [0.5, 0.6) is 11.5 Å². The van der Waals surface area contributed by atoms with Crippen molar-refractivity contribution < 1.29 is 14.3 Å². The number of hydrogen-bond donors (Lipinski definition) is 1. The molecule has 1 N–H and O–H groups in total. The number of aromatic nitrogens is 3. The number of carbonyl (C=O) groups is 1. The Hall–Kier alpha value is -3.13. The number of ether oxygens (including phenoxy) is 2. The maximum absolute atomic E-state index is 13.5. The summed E-state index contributed by atoms with van der Waals surface area (Å²) in [5.41, 5.74) is 3.70.